The zero-order valence-corrected chi connectivity index (χ0v) is 12.4. The standard InChI is InChI=1S/C13H13Cl2F2N3/c1-6-13(15)12(20(2)19-6)5-11(18)7-3-10(17)8(14)4-9(7)16/h3-4,11H,5,18H2,1-2H3. The molecule has 0 fully saturated rings. The first-order chi connectivity index (χ1) is 9.31. The van der Waals surface area contributed by atoms with Gasteiger partial charge in [-0.15, -0.1) is 0 Å². The van der Waals surface area contributed by atoms with E-state index in [1.165, 1.54) is 0 Å². The van der Waals surface area contributed by atoms with Gasteiger partial charge in [-0.25, -0.2) is 8.78 Å². The minimum atomic E-state index is -0.742. The Morgan fingerprint density at radius 1 is 1.30 bits per heavy atom. The molecule has 0 aliphatic carbocycles. The normalized spacial score (nSPS) is 12.8. The van der Waals surface area contributed by atoms with Crippen molar-refractivity contribution in [3.8, 4) is 0 Å². The van der Waals surface area contributed by atoms with Crippen molar-refractivity contribution in [1.29, 1.82) is 0 Å². The maximum atomic E-state index is 13.8. The Kier molecular flexibility index (Phi) is 4.32. The van der Waals surface area contributed by atoms with E-state index in [4.69, 9.17) is 28.9 Å². The number of rotatable bonds is 3. The van der Waals surface area contributed by atoms with Gasteiger partial charge in [0.2, 0.25) is 0 Å². The molecule has 108 valence electrons. The SMILES string of the molecule is Cc1nn(C)c(CC(N)c2cc(F)c(Cl)cc2F)c1Cl. The van der Waals surface area contributed by atoms with E-state index >= 15 is 0 Å². The molecule has 1 unspecified atom stereocenters. The molecule has 1 aromatic heterocycles. The molecule has 0 saturated carbocycles. The Morgan fingerprint density at radius 3 is 2.50 bits per heavy atom. The van der Waals surface area contributed by atoms with Gasteiger partial charge in [0.15, 0.2) is 0 Å². The first-order valence-electron chi connectivity index (χ1n) is 5.89. The first-order valence-corrected chi connectivity index (χ1v) is 6.64. The van der Waals surface area contributed by atoms with E-state index in [2.05, 4.69) is 5.10 Å². The lowest BCUT2D eigenvalue weighted by Crippen LogP contribution is -2.17. The van der Waals surface area contributed by atoms with Gasteiger partial charge < -0.3 is 5.73 Å². The van der Waals surface area contributed by atoms with E-state index in [1.807, 2.05) is 0 Å². The van der Waals surface area contributed by atoms with Crippen LogP contribution in [0.2, 0.25) is 10.0 Å². The highest BCUT2D eigenvalue weighted by Crippen LogP contribution is 2.28. The predicted molar refractivity (Wildman–Crippen MR) is 75.0 cm³/mol. The highest BCUT2D eigenvalue weighted by atomic mass is 35.5. The van der Waals surface area contributed by atoms with Crippen molar-refractivity contribution in [2.24, 2.45) is 12.8 Å². The summed E-state index contributed by atoms with van der Waals surface area (Å²) in [6.45, 7) is 1.76. The van der Waals surface area contributed by atoms with Gasteiger partial charge in [-0.05, 0) is 19.1 Å². The highest BCUT2D eigenvalue weighted by molar-refractivity contribution is 6.32. The van der Waals surface area contributed by atoms with Crippen LogP contribution in [0.5, 0.6) is 0 Å². The third-order valence-electron chi connectivity index (χ3n) is 3.11. The highest BCUT2D eigenvalue weighted by Gasteiger charge is 2.19. The van der Waals surface area contributed by atoms with Gasteiger partial charge in [0.25, 0.3) is 0 Å². The summed E-state index contributed by atoms with van der Waals surface area (Å²) in [5.41, 5.74) is 7.34. The van der Waals surface area contributed by atoms with Crippen LogP contribution in [0.15, 0.2) is 12.1 Å². The second-order valence-electron chi connectivity index (χ2n) is 4.57. The van der Waals surface area contributed by atoms with E-state index in [1.54, 1.807) is 18.7 Å². The molecule has 3 nitrogen and oxygen atoms in total. The summed E-state index contributed by atoms with van der Waals surface area (Å²) in [5, 5.41) is 4.37. The topological polar surface area (TPSA) is 43.8 Å². The number of aryl methyl sites for hydroxylation is 2. The first kappa shape index (κ1) is 15.2. The van der Waals surface area contributed by atoms with E-state index in [0.29, 0.717) is 16.4 Å². The molecular weight excluding hydrogens is 307 g/mol. The van der Waals surface area contributed by atoms with Gasteiger partial charge in [-0.3, -0.25) is 4.68 Å². The zero-order chi connectivity index (χ0) is 15.0. The van der Waals surface area contributed by atoms with Gasteiger partial charge >= 0.3 is 0 Å². The lowest BCUT2D eigenvalue weighted by Gasteiger charge is -2.14. The van der Waals surface area contributed by atoms with Crippen LogP contribution < -0.4 is 5.73 Å². The molecule has 2 rings (SSSR count). The van der Waals surface area contributed by atoms with Crippen LogP contribution in [0.3, 0.4) is 0 Å². The molecule has 2 N–H and O–H groups in total. The largest absolute Gasteiger partial charge is 0.324 e. The molecule has 0 spiro atoms. The average Bonchev–Trinajstić information content (AvgIpc) is 2.60. The Balaban J connectivity index is 2.33. The fraction of sp³-hybridized carbons (Fsp3) is 0.308. The summed E-state index contributed by atoms with van der Waals surface area (Å²) < 4.78 is 28.8. The fourth-order valence-electron chi connectivity index (χ4n) is 2.04. The van der Waals surface area contributed by atoms with Crippen LogP contribution in [-0.2, 0) is 13.5 Å². The summed E-state index contributed by atoms with van der Waals surface area (Å²) in [6.07, 6.45) is 0.244. The van der Waals surface area contributed by atoms with Crippen molar-refractivity contribution in [2.75, 3.05) is 0 Å². The zero-order valence-electron chi connectivity index (χ0n) is 10.9. The van der Waals surface area contributed by atoms with Crippen molar-refractivity contribution in [3.63, 3.8) is 0 Å². The van der Waals surface area contributed by atoms with Crippen molar-refractivity contribution in [3.05, 3.63) is 50.8 Å². The van der Waals surface area contributed by atoms with Crippen LogP contribution in [0.4, 0.5) is 8.78 Å². The maximum Gasteiger partial charge on any atom is 0.142 e. The summed E-state index contributed by atoms with van der Waals surface area (Å²) in [6, 6.07) is 1.19. The molecule has 1 heterocycles. The summed E-state index contributed by atoms with van der Waals surface area (Å²) in [5.74, 6) is -1.34. The summed E-state index contributed by atoms with van der Waals surface area (Å²) in [7, 11) is 1.72. The number of benzene rings is 1. The molecule has 2 aromatic rings. The third-order valence-corrected chi connectivity index (χ3v) is 3.90. The molecule has 7 heteroatoms. The number of halogens is 4. The van der Waals surface area contributed by atoms with E-state index in [-0.39, 0.29) is 17.0 Å². The molecule has 0 radical (unpaired) electrons. The Hall–Kier alpha value is -1.17. The smallest absolute Gasteiger partial charge is 0.142 e. The minimum Gasteiger partial charge on any atom is -0.324 e. The Morgan fingerprint density at radius 2 is 1.95 bits per heavy atom. The van der Waals surface area contributed by atoms with Gasteiger partial charge in [0.05, 0.1) is 21.4 Å². The number of nitrogens with zero attached hydrogens (tertiary/aromatic N) is 2. The molecule has 0 saturated heterocycles. The Labute approximate surface area is 125 Å². The molecular formula is C13H13Cl2F2N3. The van der Waals surface area contributed by atoms with E-state index < -0.39 is 17.7 Å². The molecule has 0 amide bonds. The molecule has 1 aromatic carbocycles. The van der Waals surface area contributed by atoms with Gasteiger partial charge in [-0.1, -0.05) is 23.2 Å². The number of nitrogens with two attached hydrogens (primary N) is 1. The summed E-state index contributed by atoms with van der Waals surface area (Å²) >= 11 is 11.6. The van der Waals surface area contributed by atoms with Crippen LogP contribution in [0.1, 0.15) is 23.0 Å². The molecule has 0 bridgehead atoms. The van der Waals surface area contributed by atoms with Crippen molar-refractivity contribution >= 4 is 23.2 Å². The quantitative estimate of drug-likeness (QED) is 0.879. The second kappa shape index (κ2) is 5.68. The average molecular weight is 320 g/mol. The van der Waals surface area contributed by atoms with Crippen LogP contribution >= 0.6 is 23.2 Å². The molecule has 0 aliphatic rings. The molecule has 1 atom stereocenters. The molecule has 0 aliphatic heterocycles. The minimum absolute atomic E-state index is 0.0572. The monoisotopic (exact) mass is 319 g/mol. The van der Waals surface area contributed by atoms with Crippen LogP contribution in [-0.4, -0.2) is 9.78 Å². The lowest BCUT2D eigenvalue weighted by molar-refractivity contribution is 0.553. The maximum absolute atomic E-state index is 13.8. The van der Waals surface area contributed by atoms with Crippen LogP contribution in [0.25, 0.3) is 0 Å². The molecule has 20 heavy (non-hydrogen) atoms. The predicted octanol–water partition coefficient (Wildman–Crippen LogP) is 3.56. The third kappa shape index (κ3) is 2.80. The lowest BCUT2D eigenvalue weighted by atomic mass is 10.0. The second-order valence-corrected chi connectivity index (χ2v) is 5.35. The van der Waals surface area contributed by atoms with Gasteiger partial charge in [-0.2, -0.15) is 5.10 Å². The van der Waals surface area contributed by atoms with Crippen molar-refractivity contribution in [2.45, 2.75) is 19.4 Å². The Bertz CT molecular complexity index is 656. The van der Waals surface area contributed by atoms with Crippen LogP contribution in [0, 0.1) is 18.6 Å². The number of aromatic nitrogens is 2. The number of hydrogen-bond acceptors (Lipinski definition) is 2. The van der Waals surface area contributed by atoms with Gasteiger partial charge in [0, 0.05) is 25.1 Å². The van der Waals surface area contributed by atoms with E-state index in [9.17, 15) is 8.78 Å². The fourth-order valence-corrected chi connectivity index (χ4v) is 2.43. The summed E-state index contributed by atoms with van der Waals surface area (Å²) in [4.78, 5) is 0. The van der Waals surface area contributed by atoms with Gasteiger partial charge in [0.1, 0.15) is 11.6 Å². The van der Waals surface area contributed by atoms with Crippen molar-refractivity contribution < 1.29 is 8.78 Å². The van der Waals surface area contributed by atoms with E-state index in [0.717, 1.165) is 12.1 Å². The van der Waals surface area contributed by atoms with Crippen molar-refractivity contribution in [1.82, 2.24) is 9.78 Å². The number of hydrogen-bond donors (Lipinski definition) is 1.